The number of nitrogens with one attached hydrogen (secondary N) is 1. The van der Waals surface area contributed by atoms with Crippen LogP contribution in [0.4, 0.5) is 18.9 Å². The van der Waals surface area contributed by atoms with E-state index in [1.54, 1.807) is 6.07 Å². The lowest BCUT2D eigenvalue weighted by atomic mass is 10.1. The Labute approximate surface area is 217 Å². The third kappa shape index (κ3) is 6.10. The van der Waals surface area contributed by atoms with Gasteiger partial charge in [-0.05, 0) is 62.0 Å². The first-order valence-corrected chi connectivity index (χ1v) is 12.9. The van der Waals surface area contributed by atoms with Gasteiger partial charge in [-0.3, -0.25) is 4.72 Å². The van der Waals surface area contributed by atoms with Gasteiger partial charge < -0.3 is 14.4 Å². The van der Waals surface area contributed by atoms with Crippen molar-refractivity contribution in [3.63, 3.8) is 0 Å². The van der Waals surface area contributed by atoms with Crippen LogP contribution in [-0.2, 0) is 16.2 Å². The number of nitriles is 1. The zero-order valence-corrected chi connectivity index (χ0v) is 21.0. The molecule has 1 saturated heterocycles. The number of halogens is 4. The number of benzene rings is 3. The first kappa shape index (κ1) is 26.6. The summed E-state index contributed by atoms with van der Waals surface area (Å²) in [6.45, 7) is 1.15. The Morgan fingerprint density at radius 2 is 1.76 bits per heavy atom. The van der Waals surface area contributed by atoms with Gasteiger partial charge in [0, 0.05) is 13.1 Å². The molecule has 0 radical (unpaired) electrons. The molecule has 1 aliphatic heterocycles. The van der Waals surface area contributed by atoms with Crippen molar-refractivity contribution in [2.45, 2.75) is 23.6 Å². The van der Waals surface area contributed by atoms with Gasteiger partial charge in [-0.2, -0.15) is 18.4 Å². The second-order valence-corrected chi connectivity index (χ2v) is 10.5. The van der Waals surface area contributed by atoms with Gasteiger partial charge in [-0.25, -0.2) is 8.42 Å². The zero-order chi connectivity index (χ0) is 26.8. The van der Waals surface area contributed by atoms with E-state index in [0.717, 1.165) is 6.07 Å². The molecule has 0 bridgehead atoms. The lowest BCUT2D eigenvalue weighted by Crippen LogP contribution is -2.24. The van der Waals surface area contributed by atoms with E-state index in [1.807, 2.05) is 22.7 Å². The normalized spacial score (nSPS) is 16.3. The number of alkyl halides is 3. The minimum atomic E-state index is -4.87. The molecule has 1 unspecified atom stereocenters. The summed E-state index contributed by atoms with van der Waals surface area (Å²) >= 11 is 5.99. The smallest absolute Gasteiger partial charge is 0.421 e. The second-order valence-electron chi connectivity index (χ2n) is 8.37. The standard InChI is InChI=1S/C25H21ClF3N3O4S/c1-32-13-12-17(15-32)36-23-7-3-5-21(24(23)25(27,28)29)31-37(33,34)18-10-8-16(9-11-18)35-22-6-2-4-20(26)19(22)14-30/h2-11,17,31H,12-13,15H2,1H3. The maximum Gasteiger partial charge on any atom is 0.421 e. The van der Waals surface area contributed by atoms with Crippen LogP contribution in [0, 0.1) is 11.3 Å². The predicted molar refractivity (Wildman–Crippen MR) is 131 cm³/mol. The molecule has 0 aliphatic carbocycles. The molecule has 0 saturated carbocycles. The Balaban J connectivity index is 1.58. The second kappa shape index (κ2) is 10.5. The maximum absolute atomic E-state index is 14.0. The van der Waals surface area contributed by atoms with Gasteiger partial charge in [0.2, 0.25) is 0 Å². The number of nitrogens with zero attached hydrogens (tertiary/aromatic N) is 2. The van der Waals surface area contributed by atoms with Crippen LogP contribution in [0.25, 0.3) is 0 Å². The van der Waals surface area contributed by atoms with Crippen LogP contribution in [0.3, 0.4) is 0 Å². The summed E-state index contributed by atoms with van der Waals surface area (Å²) in [5, 5.41) is 9.46. The third-order valence-electron chi connectivity index (χ3n) is 5.64. The van der Waals surface area contributed by atoms with E-state index in [2.05, 4.69) is 0 Å². The Bertz CT molecular complexity index is 1440. The highest BCUT2D eigenvalue weighted by atomic mass is 35.5. The van der Waals surface area contributed by atoms with Crippen LogP contribution in [0.2, 0.25) is 5.02 Å². The molecular weight excluding hydrogens is 531 g/mol. The lowest BCUT2D eigenvalue weighted by Gasteiger charge is -2.21. The largest absolute Gasteiger partial charge is 0.488 e. The van der Waals surface area contributed by atoms with E-state index in [1.165, 1.54) is 48.5 Å². The van der Waals surface area contributed by atoms with Crippen molar-refractivity contribution >= 4 is 27.3 Å². The van der Waals surface area contributed by atoms with E-state index in [4.69, 9.17) is 21.1 Å². The van der Waals surface area contributed by atoms with Crippen LogP contribution in [0.5, 0.6) is 17.2 Å². The van der Waals surface area contributed by atoms with E-state index < -0.39 is 39.3 Å². The molecule has 194 valence electrons. The summed E-state index contributed by atoms with van der Waals surface area (Å²) in [5.74, 6) is -0.0685. The number of anilines is 1. The first-order valence-electron chi connectivity index (χ1n) is 11.0. The zero-order valence-electron chi connectivity index (χ0n) is 19.4. The quantitative estimate of drug-likeness (QED) is 0.393. The highest BCUT2D eigenvalue weighted by molar-refractivity contribution is 7.92. The minimum Gasteiger partial charge on any atom is -0.488 e. The number of likely N-dealkylation sites (N-methyl/N-ethyl adjacent to an activating group) is 1. The average Bonchev–Trinajstić information content (AvgIpc) is 3.23. The van der Waals surface area contributed by atoms with Gasteiger partial charge in [0.1, 0.15) is 40.5 Å². The van der Waals surface area contributed by atoms with Gasteiger partial charge in [0.25, 0.3) is 10.0 Å². The summed E-state index contributed by atoms with van der Waals surface area (Å²) in [7, 11) is -2.56. The van der Waals surface area contributed by atoms with Crippen molar-refractivity contribution in [3.8, 4) is 23.3 Å². The summed E-state index contributed by atoms with van der Waals surface area (Å²) in [6, 6.07) is 15.1. The Morgan fingerprint density at radius 1 is 1.08 bits per heavy atom. The third-order valence-corrected chi connectivity index (χ3v) is 7.34. The molecule has 1 aliphatic rings. The molecule has 1 heterocycles. The highest BCUT2D eigenvalue weighted by Crippen LogP contribution is 2.42. The van der Waals surface area contributed by atoms with E-state index in [9.17, 15) is 26.9 Å². The van der Waals surface area contributed by atoms with Gasteiger partial charge >= 0.3 is 6.18 Å². The molecular formula is C25H21ClF3N3O4S. The van der Waals surface area contributed by atoms with Crippen LogP contribution < -0.4 is 14.2 Å². The van der Waals surface area contributed by atoms with Gasteiger partial charge in [-0.15, -0.1) is 0 Å². The predicted octanol–water partition coefficient (Wildman–Crippen LogP) is 5.91. The minimum absolute atomic E-state index is 0.105. The van der Waals surface area contributed by atoms with Crippen LogP contribution in [0.15, 0.2) is 65.6 Å². The fourth-order valence-electron chi connectivity index (χ4n) is 3.89. The van der Waals surface area contributed by atoms with Crippen molar-refractivity contribution in [1.82, 2.24) is 4.90 Å². The molecule has 3 aromatic carbocycles. The Kier molecular flexibility index (Phi) is 7.54. The monoisotopic (exact) mass is 551 g/mol. The molecule has 0 amide bonds. The maximum atomic E-state index is 14.0. The number of hydrogen-bond donors (Lipinski definition) is 1. The summed E-state index contributed by atoms with van der Waals surface area (Å²) < 4.78 is 81.3. The summed E-state index contributed by atoms with van der Waals surface area (Å²) in [6.07, 6.45) is -4.75. The molecule has 1 fully saturated rings. The fraction of sp³-hybridized carbons (Fsp3) is 0.240. The van der Waals surface area contributed by atoms with Gasteiger partial charge in [0.15, 0.2) is 0 Å². The number of sulfonamides is 1. The van der Waals surface area contributed by atoms with Crippen molar-refractivity contribution < 1.29 is 31.1 Å². The first-order chi connectivity index (χ1) is 17.5. The van der Waals surface area contributed by atoms with E-state index >= 15 is 0 Å². The molecule has 37 heavy (non-hydrogen) atoms. The fourth-order valence-corrected chi connectivity index (χ4v) is 5.17. The number of ether oxygens (including phenoxy) is 2. The molecule has 12 heteroatoms. The molecule has 4 rings (SSSR count). The highest BCUT2D eigenvalue weighted by Gasteiger charge is 2.39. The SMILES string of the molecule is CN1CCC(Oc2cccc(NS(=O)(=O)c3ccc(Oc4cccc(Cl)c4C#N)cc3)c2C(F)(F)F)C1. The van der Waals surface area contributed by atoms with Gasteiger partial charge in [0.05, 0.1) is 15.6 Å². The van der Waals surface area contributed by atoms with Crippen LogP contribution in [0.1, 0.15) is 17.5 Å². The summed E-state index contributed by atoms with van der Waals surface area (Å²) in [4.78, 5) is 1.65. The van der Waals surface area contributed by atoms with Crippen LogP contribution >= 0.6 is 11.6 Å². The van der Waals surface area contributed by atoms with Crippen LogP contribution in [-0.4, -0.2) is 39.6 Å². The topological polar surface area (TPSA) is 91.7 Å². The Morgan fingerprint density at radius 3 is 2.38 bits per heavy atom. The molecule has 7 nitrogen and oxygen atoms in total. The molecule has 0 spiro atoms. The summed E-state index contributed by atoms with van der Waals surface area (Å²) in [5.41, 5.74) is -1.74. The average molecular weight is 552 g/mol. The molecule has 1 N–H and O–H groups in total. The van der Waals surface area contributed by atoms with Gasteiger partial charge in [-0.1, -0.05) is 23.7 Å². The lowest BCUT2D eigenvalue weighted by molar-refractivity contribution is -0.138. The Hall–Kier alpha value is -3.46. The number of likely N-dealkylation sites (tertiary alicyclic amines) is 1. The van der Waals surface area contributed by atoms with Crippen molar-refractivity contribution in [3.05, 3.63) is 76.8 Å². The van der Waals surface area contributed by atoms with Crippen molar-refractivity contribution in [2.75, 3.05) is 24.9 Å². The van der Waals surface area contributed by atoms with Crippen molar-refractivity contribution in [1.29, 1.82) is 5.26 Å². The van der Waals surface area contributed by atoms with E-state index in [-0.39, 0.29) is 27.0 Å². The number of hydrogen-bond acceptors (Lipinski definition) is 6. The molecule has 0 aromatic heterocycles. The van der Waals surface area contributed by atoms with Crippen molar-refractivity contribution in [2.24, 2.45) is 0 Å². The number of rotatable bonds is 7. The van der Waals surface area contributed by atoms with E-state index in [0.29, 0.717) is 19.5 Å². The molecule has 1 atom stereocenters. The molecule has 3 aromatic rings.